The molecule has 1 atom stereocenters. The van der Waals surface area contributed by atoms with Crippen molar-refractivity contribution in [2.24, 2.45) is 0 Å². The lowest BCUT2D eigenvalue weighted by Crippen LogP contribution is -2.48. The maximum absolute atomic E-state index is 12.9. The summed E-state index contributed by atoms with van der Waals surface area (Å²) in [5, 5.41) is 0.344. The number of likely N-dealkylation sites (N-methyl/N-ethyl adjacent to an activating group) is 1. The average molecular weight is 411 g/mol. The number of rotatable bonds is 7. The molecule has 0 aliphatic heterocycles. The lowest BCUT2D eigenvalue weighted by atomic mass is 10.2. The standard InChI is InChI=1S/C19H23ClN2O4S/c1-14(19(23)21(2)13-15-8-6-5-7-9-15)22(27(4,24)25)17-12-16(20)10-11-18(17)26-3/h5-12,14H,13H2,1-4H3/t14-/m0/s1. The van der Waals surface area contributed by atoms with E-state index < -0.39 is 16.1 Å². The monoisotopic (exact) mass is 410 g/mol. The van der Waals surface area contributed by atoms with Crippen molar-refractivity contribution in [3.05, 3.63) is 59.1 Å². The smallest absolute Gasteiger partial charge is 0.246 e. The zero-order chi connectivity index (χ0) is 20.2. The molecule has 2 rings (SSSR count). The molecule has 0 aliphatic rings. The summed E-state index contributed by atoms with van der Waals surface area (Å²) in [7, 11) is -0.699. The number of carbonyl (C=O) groups excluding carboxylic acids is 1. The summed E-state index contributed by atoms with van der Waals surface area (Å²) in [4.78, 5) is 14.4. The third-order valence-corrected chi connectivity index (χ3v) is 5.55. The Kier molecular flexibility index (Phi) is 6.73. The van der Waals surface area contributed by atoms with Crippen LogP contribution in [-0.4, -0.2) is 45.7 Å². The first-order valence-corrected chi connectivity index (χ1v) is 10.5. The number of hydrogen-bond acceptors (Lipinski definition) is 4. The Morgan fingerprint density at radius 2 is 1.81 bits per heavy atom. The minimum Gasteiger partial charge on any atom is -0.495 e. The molecule has 0 spiro atoms. The molecule has 0 unspecified atom stereocenters. The molecule has 0 aliphatic carbocycles. The van der Waals surface area contributed by atoms with Gasteiger partial charge in [0.15, 0.2) is 0 Å². The Labute approximate surface area is 165 Å². The summed E-state index contributed by atoms with van der Waals surface area (Å²) in [5.41, 5.74) is 1.17. The van der Waals surface area contributed by atoms with E-state index in [4.69, 9.17) is 16.3 Å². The molecule has 0 radical (unpaired) electrons. The van der Waals surface area contributed by atoms with E-state index in [-0.39, 0.29) is 11.6 Å². The highest BCUT2D eigenvalue weighted by atomic mass is 35.5. The summed E-state index contributed by atoms with van der Waals surface area (Å²) in [6, 6.07) is 13.1. The van der Waals surface area contributed by atoms with Crippen LogP contribution in [-0.2, 0) is 21.4 Å². The van der Waals surface area contributed by atoms with Crippen LogP contribution in [0.4, 0.5) is 5.69 Å². The predicted molar refractivity (Wildman–Crippen MR) is 108 cm³/mol. The minimum absolute atomic E-state index is 0.224. The highest BCUT2D eigenvalue weighted by Crippen LogP contribution is 2.34. The van der Waals surface area contributed by atoms with Gasteiger partial charge in [0.25, 0.3) is 0 Å². The van der Waals surface area contributed by atoms with Gasteiger partial charge in [0.1, 0.15) is 11.8 Å². The Balaban J connectivity index is 2.37. The lowest BCUT2D eigenvalue weighted by Gasteiger charge is -2.32. The molecule has 6 nitrogen and oxygen atoms in total. The quantitative estimate of drug-likeness (QED) is 0.703. The first kappa shape index (κ1) is 21.1. The fraction of sp³-hybridized carbons (Fsp3) is 0.316. The normalized spacial score (nSPS) is 12.3. The molecule has 8 heteroatoms. The summed E-state index contributed by atoms with van der Waals surface area (Å²) in [6.07, 6.45) is 1.05. The van der Waals surface area contributed by atoms with Gasteiger partial charge >= 0.3 is 0 Å². The van der Waals surface area contributed by atoms with Gasteiger partial charge in [0, 0.05) is 18.6 Å². The Bertz CT molecular complexity index is 903. The van der Waals surface area contributed by atoms with Gasteiger partial charge in [-0.05, 0) is 30.7 Å². The molecule has 2 aromatic rings. The van der Waals surface area contributed by atoms with Gasteiger partial charge in [-0.2, -0.15) is 0 Å². The van der Waals surface area contributed by atoms with Crippen molar-refractivity contribution in [1.29, 1.82) is 0 Å². The second-order valence-corrected chi connectivity index (χ2v) is 8.53. The maximum atomic E-state index is 12.9. The largest absolute Gasteiger partial charge is 0.495 e. The molecular weight excluding hydrogens is 388 g/mol. The molecule has 0 N–H and O–H groups in total. The van der Waals surface area contributed by atoms with Gasteiger partial charge in [0.05, 0.1) is 19.1 Å². The van der Waals surface area contributed by atoms with E-state index in [0.717, 1.165) is 16.1 Å². The minimum atomic E-state index is -3.77. The molecule has 0 aromatic heterocycles. The molecule has 0 saturated heterocycles. The molecule has 0 saturated carbocycles. The number of carbonyl (C=O) groups is 1. The SMILES string of the molecule is COc1ccc(Cl)cc1N([C@@H](C)C(=O)N(C)Cc1ccccc1)S(C)(=O)=O. The fourth-order valence-electron chi connectivity index (χ4n) is 2.86. The second kappa shape index (κ2) is 8.63. The summed E-state index contributed by atoms with van der Waals surface area (Å²) in [5.74, 6) is -0.0264. The van der Waals surface area contributed by atoms with E-state index in [2.05, 4.69) is 0 Å². The average Bonchev–Trinajstić information content (AvgIpc) is 2.61. The van der Waals surface area contributed by atoms with Crippen molar-refractivity contribution < 1.29 is 17.9 Å². The van der Waals surface area contributed by atoms with Gasteiger partial charge < -0.3 is 9.64 Å². The van der Waals surface area contributed by atoms with Crippen LogP contribution in [0.2, 0.25) is 5.02 Å². The van der Waals surface area contributed by atoms with Gasteiger partial charge in [-0.15, -0.1) is 0 Å². The van der Waals surface area contributed by atoms with Gasteiger partial charge in [-0.25, -0.2) is 8.42 Å². The number of sulfonamides is 1. The summed E-state index contributed by atoms with van der Waals surface area (Å²) >= 11 is 6.05. The van der Waals surface area contributed by atoms with E-state index in [1.807, 2.05) is 30.3 Å². The number of anilines is 1. The van der Waals surface area contributed by atoms with Gasteiger partial charge in [-0.1, -0.05) is 41.9 Å². The number of halogens is 1. The number of amides is 1. The zero-order valence-corrected chi connectivity index (χ0v) is 17.3. The van der Waals surface area contributed by atoms with Crippen LogP contribution in [0, 0.1) is 0 Å². The lowest BCUT2D eigenvalue weighted by molar-refractivity contribution is -0.131. The van der Waals surface area contributed by atoms with Gasteiger partial charge in [-0.3, -0.25) is 9.10 Å². The molecule has 27 heavy (non-hydrogen) atoms. The number of benzene rings is 2. The predicted octanol–water partition coefficient (Wildman–Crippen LogP) is 3.16. The van der Waals surface area contributed by atoms with E-state index >= 15 is 0 Å². The van der Waals surface area contributed by atoms with Crippen LogP contribution in [0.1, 0.15) is 12.5 Å². The first-order valence-electron chi connectivity index (χ1n) is 8.27. The van der Waals surface area contributed by atoms with Crippen LogP contribution in [0.25, 0.3) is 0 Å². The second-order valence-electron chi connectivity index (χ2n) is 6.23. The molecule has 1 amide bonds. The van der Waals surface area contributed by atoms with Crippen molar-refractivity contribution in [2.45, 2.75) is 19.5 Å². The Morgan fingerprint density at radius 1 is 1.19 bits per heavy atom. The van der Waals surface area contributed by atoms with Crippen LogP contribution >= 0.6 is 11.6 Å². The van der Waals surface area contributed by atoms with Crippen molar-refractivity contribution >= 4 is 33.2 Å². The van der Waals surface area contributed by atoms with Crippen LogP contribution in [0.3, 0.4) is 0 Å². The topological polar surface area (TPSA) is 66.9 Å². The third-order valence-electron chi connectivity index (χ3n) is 4.08. The van der Waals surface area contributed by atoms with Crippen LogP contribution in [0.15, 0.2) is 48.5 Å². The van der Waals surface area contributed by atoms with Crippen molar-refractivity contribution in [2.75, 3.05) is 24.7 Å². The van der Waals surface area contributed by atoms with Crippen LogP contribution in [0.5, 0.6) is 5.75 Å². The summed E-state index contributed by atoms with van der Waals surface area (Å²) in [6.45, 7) is 1.92. The molecular formula is C19H23ClN2O4S. The Morgan fingerprint density at radius 3 is 2.37 bits per heavy atom. The fourth-order valence-corrected chi connectivity index (χ4v) is 4.20. The zero-order valence-electron chi connectivity index (χ0n) is 15.7. The van der Waals surface area contributed by atoms with E-state index in [1.165, 1.54) is 18.1 Å². The van der Waals surface area contributed by atoms with E-state index in [1.54, 1.807) is 26.1 Å². The van der Waals surface area contributed by atoms with Crippen molar-refractivity contribution in [3.8, 4) is 5.75 Å². The van der Waals surface area contributed by atoms with Gasteiger partial charge in [0.2, 0.25) is 15.9 Å². The highest BCUT2D eigenvalue weighted by molar-refractivity contribution is 7.92. The molecule has 2 aromatic carbocycles. The first-order chi connectivity index (χ1) is 12.6. The molecule has 0 heterocycles. The third kappa shape index (κ3) is 5.14. The molecule has 0 fully saturated rings. The maximum Gasteiger partial charge on any atom is 0.246 e. The number of methoxy groups -OCH3 is 1. The summed E-state index contributed by atoms with van der Waals surface area (Å²) < 4.78 is 31.3. The van der Waals surface area contributed by atoms with Crippen molar-refractivity contribution in [1.82, 2.24) is 4.90 Å². The van der Waals surface area contributed by atoms with Crippen LogP contribution < -0.4 is 9.04 Å². The molecule has 146 valence electrons. The number of hydrogen-bond donors (Lipinski definition) is 0. The van der Waals surface area contributed by atoms with Crippen molar-refractivity contribution in [3.63, 3.8) is 0 Å². The number of nitrogens with zero attached hydrogens (tertiary/aromatic N) is 2. The Hall–Kier alpha value is -2.25. The highest BCUT2D eigenvalue weighted by Gasteiger charge is 2.33. The molecule has 0 bridgehead atoms. The number of ether oxygens (including phenoxy) is 1. The van der Waals surface area contributed by atoms with E-state index in [9.17, 15) is 13.2 Å². The van der Waals surface area contributed by atoms with E-state index in [0.29, 0.717) is 17.3 Å².